The van der Waals surface area contributed by atoms with E-state index < -0.39 is 35.1 Å². The Labute approximate surface area is 211 Å². The molecule has 1 fully saturated rings. The maximum atomic E-state index is 14.4. The van der Waals surface area contributed by atoms with E-state index in [1.54, 1.807) is 0 Å². The fourth-order valence-electron chi connectivity index (χ4n) is 4.06. The van der Waals surface area contributed by atoms with Crippen LogP contribution in [0.25, 0.3) is 16.0 Å². The molecule has 182 valence electrons. The summed E-state index contributed by atoms with van der Waals surface area (Å²) in [6.45, 7) is 0. The van der Waals surface area contributed by atoms with E-state index in [0.717, 1.165) is 22.3 Å². The highest BCUT2D eigenvalue weighted by molar-refractivity contribution is 7.22. The Bertz CT molecular complexity index is 1590. The standard InChI is InChI=1S/C25H15ClF2N2O5S/c1-35-17-7-4-12(26)8-15(17)22(32)19-21(11-2-5-14(31)6-3-11)30(24(34)23(19)33)25-29-20-16(28)9-13(27)10-18(20)36-25/h2-10,21,31-32H,1H3/b22-19+. The first-order valence-corrected chi connectivity index (χ1v) is 11.6. The summed E-state index contributed by atoms with van der Waals surface area (Å²) in [6.07, 6.45) is 0. The normalized spacial score (nSPS) is 17.2. The number of fused-ring (bicyclic) bond motifs is 1. The SMILES string of the molecule is COc1ccc(Cl)cc1/C(O)=C1\C(=O)C(=O)N(c2nc3c(F)cc(F)cc3s2)C1c1ccc(O)cc1. The minimum Gasteiger partial charge on any atom is -0.508 e. The first-order chi connectivity index (χ1) is 17.2. The number of aromatic hydroxyl groups is 1. The summed E-state index contributed by atoms with van der Waals surface area (Å²) in [6, 6.07) is 10.6. The smallest absolute Gasteiger partial charge is 0.301 e. The van der Waals surface area contributed by atoms with Gasteiger partial charge in [0.25, 0.3) is 5.78 Å². The van der Waals surface area contributed by atoms with Crippen LogP contribution in [0.4, 0.5) is 13.9 Å². The molecule has 3 aromatic carbocycles. The number of phenolic OH excluding ortho intramolecular Hbond substituents is 1. The number of ketones is 1. The second-order valence-electron chi connectivity index (χ2n) is 7.84. The van der Waals surface area contributed by atoms with Crippen molar-refractivity contribution in [1.82, 2.24) is 4.98 Å². The number of hydrogen-bond acceptors (Lipinski definition) is 7. The molecule has 7 nitrogen and oxygen atoms in total. The maximum absolute atomic E-state index is 14.4. The molecule has 36 heavy (non-hydrogen) atoms. The lowest BCUT2D eigenvalue weighted by Gasteiger charge is -2.23. The average Bonchev–Trinajstić information content (AvgIpc) is 3.38. The van der Waals surface area contributed by atoms with Crippen LogP contribution in [0.5, 0.6) is 11.5 Å². The summed E-state index contributed by atoms with van der Waals surface area (Å²) >= 11 is 6.92. The van der Waals surface area contributed by atoms with Gasteiger partial charge in [0.05, 0.1) is 29.0 Å². The molecule has 4 aromatic rings. The number of aromatic nitrogens is 1. The number of aliphatic hydroxyl groups excluding tert-OH is 1. The van der Waals surface area contributed by atoms with Crippen LogP contribution in [0.2, 0.25) is 5.02 Å². The van der Waals surface area contributed by atoms with Crippen molar-refractivity contribution in [2.75, 3.05) is 12.0 Å². The van der Waals surface area contributed by atoms with Gasteiger partial charge in [-0.15, -0.1) is 0 Å². The number of amides is 1. The Morgan fingerprint density at radius 2 is 1.83 bits per heavy atom. The number of nitrogens with zero attached hydrogens (tertiary/aromatic N) is 2. The van der Waals surface area contributed by atoms with Crippen molar-refractivity contribution in [3.05, 3.63) is 88.0 Å². The zero-order valence-electron chi connectivity index (χ0n) is 18.3. The first-order valence-electron chi connectivity index (χ1n) is 10.4. The van der Waals surface area contributed by atoms with Crippen molar-refractivity contribution in [2.24, 2.45) is 0 Å². The van der Waals surface area contributed by atoms with E-state index in [4.69, 9.17) is 16.3 Å². The quantitative estimate of drug-likeness (QED) is 0.204. The minimum absolute atomic E-state index is 0.0651. The topological polar surface area (TPSA) is 100.0 Å². The Kier molecular flexibility index (Phi) is 5.85. The van der Waals surface area contributed by atoms with Gasteiger partial charge in [-0.2, -0.15) is 0 Å². The van der Waals surface area contributed by atoms with Crippen LogP contribution in [0, 0.1) is 11.6 Å². The molecule has 1 aromatic heterocycles. The van der Waals surface area contributed by atoms with Gasteiger partial charge >= 0.3 is 5.91 Å². The Hall–Kier alpha value is -4.02. The van der Waals surface area contributed by atoms with Crippen LogP contribution >= 0.6 is 22.9 Å². The average molecular weight is 529 g/mol. The molecule has 5 rings (SSSR count). The zero-order chi connectivity index (χ0) is 25.7. The van der Waals surface area contributed by atoms with Crippen LogP contribution in [-0.2, 0) is 9.59 Å². The predicted molar refractivity (Wildman–Crippen MR) is 130 cm³/mol. The van der Waals surface area contributed by atoms with Crippen LogP contribution in [0.1, 0.15) is 17.2 Å². The molecule has 0 spiro atoms. The molecule has 2 N–H and O–H groups in total. The van der Waals surface area contributed by atoms with Crippen LogP contribution < -0.4 is 9.64 Å². The second kappa shape index (κ2) is 8.89. The van der Waals surface area contributed by atoms with E-state index in [-0.39, 0.29) is 43.0 Å². The largest absolute Gasteiger partial charge is 0.508 e. The molecule has 1 aliphatic rings. The van der Waals surface area contributed by atoms with Crippen molar-refractivity contribution in [2.45, 2.75) is 6.04 Å². The molecular weight excluding hydrogens is 514 g/mol. The van der Waals surface area contributed by atoms with Crippen molar-refractivity contribution in [3.8, 4) is 11.5 Å². The molecular formula is C25H15ClF2N2O5S. The minimum atomic E-state index is -1.21. The van der Waals surface area contributed by atoms with Crippen LogP contribution in [0.3, 0.4) is 0 Å². The molecule has 0 saturated carbocycles. The number of carbonyl (C=O) groups excluding carboxylic acids is 2. The summed E-state index contributed by atoms with van der Waals surface area (Å²) in [4.78, 5) is 31.7. The Balaban J connectivity index is 1.77. The van der Waals surface area contributed by atoms with Gasteiger partial charge in [0.15, 0.2) is 10.9 Å². The number of benzene rings is 3. The molecule has 1 atom stereocenters. The van der Waals surface area contributed by atoms with E-state index in [2.05, 4.69) is 4.98 Å². The predicted octanol–water partition coefficient (Wildman–Crippen LogP) is 5.57. The van der Waals surface area contributed by atoms with Gasteiger partial charge in [0, 0.05) is 11.1 Å². The van der Waals surface area contributed by atoms with Gasteiger partial charge in [0.2, 0.25) is 0 Å². The van der Waals surface area contributed by atoms with E-state index >= 15 is 0 Å². The highest BCUT2D eigenvalue weighted by Gasteiger charge is 2.48. The number of hydrogen-bond donors (Lipinski definition) is 2. The van der Waals surface area contributed by atoms with Crippen LogP contribution in [0.15, 0.2) is 60.2 Å². The summed E-state index contributed by atoms with van der Waals surface area (Å²) in [5.41, 5.74) is -0.0407. The number of phenols is 1. The van der Waals surface area contributed by atoms with Crippen molar-refractivity contribution in [1.29, 1.82) is 0 Å². The number of rotatable bonds is 4. The van der Waals surface area contributed by atoms with Gasteiger partial charge in [-0.3, -0.25) is 14.5 Å². The maximum Gasteiger partial charge on any atom is 0.301 e. The van der Waals surface area contributed by atoms with Gasteiger partial charge in [-0.25, -0.2) is 13.8 Å². The second-order valence-corrected chi connectivity index (χ2v) is 9.28. The van der Waals surface area contributed by atoms with Gasteiger partial charge in [-0.1, -0.05) is 35.1 Å². The number of Topliss-reactive ketones (excluding diaryl/α,β-unsaturated/α-hetero) is 1. The highest BCUT2D eigenvalue weighted by atomic mass is 35.5. The molecule has 0 bridgehead atoms. The summed E-state index contributed by atoms with van der Waals surface area (Å²) in [5, 5.41) is 21.2. The monoisotopic (exact) mass is 528 g/mol. The number of halogens is 3. The third kappa shape index (κ3) is 3.84. The Morgan fingerprint density at radius 1 is 1.11 bits per heavy atom. The summed E-state index contributed by atoms with van der Waals surface area (Å²) < 4.78 is 33.6. The van der Waals surface area contributed by atoms with E-state index in [9.17, 15) is 28.6 Å². The molecule has 1 aliphatic heterocycles. The zero-order valence-corrected chi connectivity index (χ0v) is 19.9. The van der Waals surface area contributed by atoms with Crippen molar-refractivity contribution >= 4 is 55.7 Å². The van der Waals surface area contributed by atoms with Gasteiger partial charge < -0.3 is 14.9 Å². The molecule has 1 saturated heterocycles. The Morgan fingerprint density at radius 3 is 2.53 bits per heavy atom. The lowest BCUT2D eigenvalue weighted by atomic mass is 9.95. The number of methoxy groups -OCH3 is 1. The lowest BCUT2D eigenvalue weighted by Crippen LogP contribution is -2.29. The van der Waals surface area contributed by atoms with Crippen LogP contribution in [-0.4, -0.2) is 34.0 Å². The molecule has 0 aliphatic carbocycles. The van der Waals surface area contributed by atoms with Crippen molar-refractivity contribution < 1.29 is 33.3 Å². The van der Waals surface area contributed by atoms with Crippen molar-refractivity contribution in [3.63, 3.8) is 0 Å². The molecule has 1 unspecified atom stereocenters. The number of thiazole rings is 1. The lowest BCUT2D eigenvalue weighted by molar-refractivity contribution is -0.132. The summed E-state index contributed by atoms with van der Waals surface area (Å²) in [5.74, 6) is -4.22. The summed E-state index contributed by atoms with van der Waals surface area (Å²) in [7, 11) is 1.37. The molecule has 1 amide bonds. The fourth-order valence-corrected chi connectivity index (χ4v) is 5.26. The van der Waals surface area contributed by atoms with Gasteiger partial charge in [-0.05, 0) is 42.0 Å². The van der Waals surface area contributed by atoms with Gasteiger partial charge in [0.1, 0.15) is 28.6 Å². The number of ether oxygens (including phenoxy) is 1. The molecule has 2 heterocycles. The third-order valence-corrected chi connectivity index (χ3v) is 6.91. The number of anilines is 1. The number of carbonyl (C=O) groups is 2. The molecule has 11 heteroatoms. The van der Waals surface area contributed by atoms with E-state index in [0.29, 0.717) is 11.6 Å². The molecule has 0 radical (unpaired) electrons. The van der Waals surface area contributed by atoms with E-state index in [1.165, 1.54) is 49.6 Å². The van der Waals surface area contributed by atoms with E-state index in [1.807, 2.05) is 0 Å². The highest BCUT2D eigenvalue weighted by Crippen LogP contribution is 2.45. The first kappa shape index (κ1) is 23.7. The third-order valence-electron chi connectivity index (χ3n) is 5.68. The number of aliphatic hydroxyl groups is 1. The fraction of sp³-hybridized carbons (Fsp3) is 0.0800.